The van der Waals surface area contributed by atoms with Gasteiger partial charge in [-0.15, -0.1) is 0 Å². The van der Waals surface area contributed by atoms with Crippen molar-refractivity contribution in [2.24, 2.45) is 0 Å². The van der Waals surface area contributed by atoms with Crippen molar-refractivity contribution in [3.8, 4) is 5.75 Å². The SMILES string of the molecule is CCCCCCCCCCCCCCCc1cccc(OC(C(=O)O)=C(Cl)C=O)c1. The van der Waals surface area contributed by atoms with Crippen LogP contribution in [0.4, 0.5) is 0 Å². The molecule has 0 fully saturated rings. The Balaban J connectivity index is 2.17. The summed E-state index contributed by atoms with van der Waals surface area (Å²) in [5.74, 6) is -1.54. The molecule has 0 aliphatic carbocycles. The lowest BCUT2D eigenvalue weighted by atomic mass is 10.0. The van der Waals surface area contributed by atoms with Crippen molar-refractivity contribution >= 4 is 23.9 Å². The first-order valence-electron chi connectivity index (χ1n) is 11.4. The Kier molecular flexibility index (Phi) is 14.8. The number of hydrogen-bond donors (Lipinski definition) is 1. The molecule has 0 aliphatic heterocycles. The molecular formula is C25H37ClO4. The number of carbonyl (C=O) groups excluding carboxylic acids is 1. The van der Waals surface area contributed by atoms with Crippen molar-refractivity contribution in [2.45, 2.75) is 96.8 Å². The fourth-order valence-electron chi connectivity index (χ4n) is 3.48. The van der Waals surface area contributed by atoms with E-state index in [4.69, 9.17) is 21.4 Å². The zero-order valence-electron chi connectivity index (χ0n) is 18.3. The maximum Gasteiger partial charge on any atom is 0.373 e. The molecule has 0 atom stereocenters. The van der Waals surface area contributed by atoms with Crippen molar-refractivity contribution in [2.75, 3.05) is 0 Å². The van der Waals surface area contributed by atoms with Crippen LogP contribution in [0.1, 0.15) is 96.0 Å². The first kappa shape index (κ1) is 26.2. The number of aldehydes is 1. The Labute approximate surface area is 186 Å². The van der Waals surface area contributed by atoms with Crippen LogP contribution in [0.15, 0.2) is 35.1 Å². The van der Waals surface area contributed by atoms with Crippen molar-refractivity contribution in [3.05, 3.63) is 40.6 Å². The second-order valence-corrected chi connectivity index (χ2v) is 8.25. The molecule has 0 heterocycles. The van der Waals surface area contributed by atoms with Crippen LogP contribution in [0.3, 0.4) is 0 Å². The van der Waals surface area contributed by atoms with Gasteiger partial charge in [0.1, 0.15) is 10.8 Å². The summed E-state index contributed by atoms with van der Waals surface area (Å²) >= 11 is 5.62. The van der Waals surface area contributed by atoms with Gasteiger partial charge in [0.25, 0.3) is 0 Å². The third-order valence-electron chi connectivity index (χ3n) is 5.20. The molecule has 0 spiro atoms. The first-order valence-corrected chi connectivity index (χ1v) is 11.8. The van der Waals surface area contributed by atoms with Crippen molar-refractivity contribution in [1.29, 1.82) is 0 Å². The van der Waals surface area contributed by atoms with Crippen LogP contribution in [-0.4, -0.2) is 17.4 Å². The van der Waals surface area contributed by atoms with Gasteiger partial charge in [-0.1, -0.05) is 108 Å². The van der Waals surface area contributed by atoms with E-state index in [9.17, 15) is 9.59 Å². The van der Waals surface area contributed by atoms with Crippen LogP contribution in [0, 0.1) is 0 Å². The molecule has 0 radical (unpaired) electrons. The Morgan fingerprint density at radius 3 is 1.97 bits per heavy atom. The maximum absolute atomic E-state index is 11.2. The van der Waals surface area contributed by atoms with Crippen LogP contribution >= 0.6 is 11.6 Å². The Morgan fingerprint density at radius 2 is 1.47 bits per heavy atom. The van der Waals surface area contributed by atoms with E-state index in [1.807, 2.05) is 12.1 Å². The lowest BCUT2D eigenvalue weighted by molar-refractivity contribution is -0.135. The molecule has 1 rings (SSSR count). The molecule has 0 aromatic heterocycles. The summed E-state index contributed by atoms with van der Waals surface area (Å²) in [6.07, 6.45) is 18.4. The number of ether oxygens (including phenoxy) is 1. The Hall–Kier alpha value is -1.81. The molecular weight excluding hydrogens is 400 g/mol. The zero-order valence-corrected chi connectivity index (χ0v) is 19.1. The van der Waals surface area contributed by atoms with Gasteiger partial charge in [-0.2, -0.15) is 0 Å². The Bertz CT molecular complexity index is 654. The average Bonchev–Trinajstić information content (AvgIpc) is 2.75. The summed E-state index contributed by atoms with van der Waals surface area (Å²) < 4.78 is 5.31. The number of halogens is 1. The minimum atomic E-state index is -1.37. The van der Waals surface area contributed by atoms with Crippen molar-refractivity contribution in [3.63, 3.8) is 0 Å². The van der Waals surface area contributed by atoms with Gasteiger partial charge in [-0.25, -0.2) is 4.79 Å². The van der Waals surface area contributed by atoms with Crippen molar-refractivity contribution in [1.82, 2.24) is 0 Å². The molecule has 1 aromatic rings. The number of benzene rings is 1. The summed E-state index contributed by atoms with van der Waals surface area (Å²) in [6.45, 7) is 2.26. The largest absolute Gasteiger partial charge is 0.475 e. The summed E-state index contributed by atoms with van der Waals surface area (Å²) in [4.78, 5) is 21.9. The number of carboxylic acid groups (broad SMARTS) is 1. The number of aryl methyl sites for hydroxylation is 1. The summed E-state index contributed by atoms with van der Waals surface area (Å²) in [6, 6.07) is 7.28. The lowest BCUT2D eigenvalue weighted by Crippen LogP contribution is -2.10. The van der Waals surface area contributed by atoms with E-state index in [2.05, 4.69) is 6.92 Å². The van der Waals surface area contributed by atoms with E-state index < -0.39 is 16.8 Å². The fourth-order valence-corrected chi connectivity index (χ4v) is 3.60. The van der Waals surface area contributed by atoms with Gasteiger partial charge in [-0.05, 0) is 30.5 Å². The van der Waals surface area contributed by atoms with Crippen LogP contribution in [0.5, 0.6) is 5.75 Å². The smallest absolute Gasteiger partial charge is 0.373 e. The van der Waals surface area contributed by atoms with Gasteiger partial charge >= 0.3 is 5.97 Å². The van der Waals surface area contributed by atoms with Crippen LogP contribution in [0.25, 0.3) is 0 Å². The summed E-state index contributed by atoms with van der Waals surface area (Å²) in [7, 11) is 0. The van der Waals surface area contributed by atoms with Gasteiger partial charge in [0.05, 0.1) is 0 Å². The summed E-state index contributed by atoms with van der Waals surface area (Å²) in [5, 5.41) is 8.66. The van der Waals surface area contributed by atoms with Gasteiger partial charge in [-0.3, -0.25) is 4.79 Å². The van der Waals surface area contributed by atoms with Crippen LogP contribution in [-0.2, 0) is 16.0 Å². The molecule has 0 bridgehead atoms. The number of unbranched alkanes of at least 4 members (excludes halogenated alkanes) is 12. The molecule has 0 saturated carbocycles. The Morgan fingerprint density at radius 1 is 0.933 bits per heavy atom. The molecule has 30 heavy (non-hydrogen) atoms. The number of allylic oxidation sites excluding steroid dienone is 1. The molecule has 1 N–H and O–H groups in total. The lowest BCUT2D eigenvalue weighted by Gasteiger charge is -2.09. The highest BCUT2D eigenvalue weighted by atomic mass is 35.5. The normalized spacial score (nSPS) is 11.8. The van der Waals surface area contributed by atoms with E-state index in [-0.39, 0.29) is 6.29 Å². The maximum atomic E-state index is 11.2. The number of aliphatic carboxylic acids is 1. The van der Waals surface area contributed by atoms with E-state index in [1.165, 1.54) is 77.0 Å². The van der Waals surface area contributed by atoms with E-state index in [1.54, 1.807) is 12.1 Å². The number of hydrogen-bond acceptors (Lipinski definition) is 3. The highest BCUT2D eigenvalue weighted by Gasteiger charge is 2.16. The second kappa shape index (κ2) is 16.9. The third-order valence-corrected chi connectivity index (χ3v) is 5.46. The van der Waals surface area contributed by atoms with E-state index in [0.717, 1.165) is 18.4 Å². The standard InChI is InChI=1S/C25H37ClO4/c1-2-3-4-5-6-7-8-9-10-11-12-13-14-16-21-17-15-18-22(19-21)30-24(25(28)29)23(26)20-27/h15,17-20H,2-14,16H2,1H3,(H,28,29). The van der Waals surface area contributed by atoms with Crippen LogP contribution < -0.4 is 4.74 Å². The molecule has 0 unspecified atom stereocenters. The van der Waals surface area contributed by atoms with E-state index in [0.29, 0.717) is 5.75 Å². The monoisotopic (exact) mass is 436 g/mol. The predicted molar refractivity (Wildman–Crippen MR) is 123 cm³/mol. The number of rotatable bonds is 18. The molecule has 4 nitrogen and oxygen atoms in total. The van der Waals surface area contributed by atoms with Crippen molar-refractivity contribution < 1.29 is 19.4 Å². The zero-order chi connectivity index (χ0) is 22.0. The quantitative estimate of drug-likeness (QED) is 0.112. The summed E-state index contributed by atoms with van der Waals surface area (Å²) in [5.41, 5.74) is 1.09. The number of carboxylic acids is 1. The molecule has 0 aliphatic rings. The van der Waals surface area contributed by atoms with Gasteiger partial charge in [0, 0.05) is 0 Å². The second-order valence-electron chi connectivity index (χ2n) is 7.84. The first-order chi connectivity index (χ1) is 14.6. The highest BCUT2D eigenvalue weighted by Crippen LogP contribution is 2.20. The molecule has 0 saturated heterocycles. The molecule has 0 amide bonds. The van der Waals surface area contributed by atoms with Gasteiger partial charge in [0.15, 0.2) is 6.29 Å². The van der Waals surface area contributed by atoms with E-state index >= 15 is 0 Å². The topological polar surface area (TPSA) is 63.6 Å². The molecule has 5 heteroatoms. The van der Waals surface area contributed by atoms with Gasteiger partial charge in [0.2, 0.25) is 5.76 Å². The average molecular weight is 437 g/mol. The van der Waals surface area contributed by atoms with Gasteiger partial charge < -0.3 is 9.84 Å². The van der Waals surface area contributed by atoms with Crippen LogP contribution in [0.2, 0.25) is 0 Å². The highest BCUT2D eigenvalue weighted by molar-refractivity contribution is 6.40. The third kappa shape index (κ3) is 12.0. The minimum Gasteiger partial charge on any atom is -0.475 e. The molecule has 1 aromatic carbocycles. The number of carbonyl (C=O) groups is 2. The fraction of sp³-hybridized carbons (Fsp3) is 0.600. The predicted octanol–water partition coefficient (Wildman–Crippen LogP) is 7.43. The minimum absolute atomic E-state index is 0.266. The molecule has 168 valence electrons.